The molecule has 2 rings (SSSR count). The number of benzene rings is 1. The number of Topliss-reactive ketones (excluding diaryl/α,β-unsaturated/α-hetero) is 1. The summed E-state index contributed by atoms with van der Waals surface area (Å²) in [7, 11) is 1.92. The van der Waals surface area contributed by atoms with E-state index in [-0.39, 0.29) is 5.78 Å². The predicted octanol–water partition coefficient (Wildman–Crippen LogP) is 3.03. The molecule has 0 heterocycles. The van der Waals surface area contributed by atoms with Crippen molar-refractivity contribution < 1.29 is 9.90 Å². The van der Waals surface area contributed by atoms with Gasteiger partial charge in [-0.05, 0) is 51.8 Å². The topological polar surface area (TPSA) is 40.5 Å². The Labute approximate surface area is 128 Å². The van der Waals surface area contributed by atoms with Crippen LogP contribution in [-0.4, -0.2) is 41.5 Å². The molecule has 0 bridgehead atoms. The van der Waals surface area contributed by atoms with Crippen LogP contribution in [0.25, 0.3) is 0 Å². The summed E-state index contributed by atoms with van der Waals surface area (Å²) in [5.74, 6) is 0.147. The Balaban J connectivity index is 2.04. The van der Waals surface area contributed by atoms with Gasteiger partial charge in [0.15, 0.2) is 5.78 Å². The summed E-state index contributed by atoms with van der Waals surface area (Å²) in [5.41, 5.74) is 3.53. The predicted molar refractivity (Wildman–Crippen MR) is 85.9 cm³/mol. The number of aliphatic hydroxyl groups is 1. The standard InChI is InChI=1S/C18H27NO2/c1-13-9-14(2)17(15(3)10-13)16(20)11-19(4)12-18(21)7-5-6-8-18/h9-10,21H,5-8,11-12H2,1-4H3. The first-order chi connectivity index (χ1) is 9.81. The minimum absolute atomic E-state index is 0.147. The number of carbonyl (C=O) groups excluding carboxylic acids is 1. The maximum atomic E-state index is 12.6. The first-order valence-electron chi connectivity index (χ1n) is 7.83. The largest absolute Gasteiger partial charge is 0.389 e. The number of hydrogen-bond acceptors (Lipinski definition) is 3. The smallest absolute Gasteiger partial charge is 0.177 e. The Kier molecular flexibility index (Phi) is 4.84. The second kappa shape index (κ2) is 6.29. The zero-order valence-electron chi connectivity index (χ0n) is 13.7. The minimum Gasteiger partial charge on any atom is -0.389 e. The molecule has 0 spiro atoms. The number of carbonyl (C=O) groups is 1. The molecule has 3 nitrogen and oxygen atoms in total. The van der Waals surface area contributed by atoms with E-state index in [4.69, 9.17) is 0 Å². The van der Waals surface area contributed by atoms with Gasteiger partial charge in [0.1, 0.15) is 0 Å². The molecule has 0 aromatic heterocycles. The third-order valence-corrected chi connectivity index (χ3v) is 4.47. The van der Waals surface area contributed by atoms with Gasteiger partial charge in [-0.2, -0.15) is 0 Å². The Bertz CT molecular complexity index is 507. The number of nitrogens with zero attached hydrogens (tertiary/aromatic N) is 1. The van der Waals surface area contributed by atoms with Crippen LogP contribution >= 0.6 is 0 Å². The lowest BCUT2D eigenvalue weighted by Crippen LogP contribution is -2.41. The highest BCUT2D eigenvalue weighted by Crippen LogP contribution is 2.30. The van der Waals surface area contributed by atoms with E-state index in [0.717, 1.165) is 42.4 Å². The molecular formula is C18H27NO2. The van der Waals surface area contributed by atoms with E-state index in [1.165, 1.54) is 5.56 Å². The fourth-order valence-electron chi connectivity index (χ4n) is 3.69. The zero-order chi connectivity index (χ0) is 15.6. The molecule has 0 atom stereocenters. The van der Waals surface area contributed by atoms with Gasteiger partial charge >= 0.3 is 0 Å². The maximum absolute atomic E-state index is 12.6. The quantitative estimate of drug-likeness (QED) is 0.847. The van der Waals surface area contributed by atoms with Crippen molar-refractivity contribution in [3.8, 4) is 0 Å². The first kappa shape index (κ1) is 16.2. The third-order valence-electron chi connectivity index (χ3n) is 4.47. The van der Waals surface area contributed by atoms with E-state index in [9.17, 15) is 9.90 Å². The van der Waals surface area contributed by atoms with Crippen LogP contribution in [0.5, 0.6) is 0 Å². The number of hydrogen-bond donors (Lipinski definition) is 1. The molecule has 0 saturated heterocycles. The van der Waals surface area contributed by atoms with Crippen LogP contribution in [0.1, 0.15) is 52.7 Å². The van der Waals surface area contributed by atoms with Gasteiger partial charge in [0.25, 0.3) is 0 Å². The molecule has 0 amide bonds. The molecule has 1 saturated carbocycles. The van der Waals surface area contributed by atoms with E-state index in [2.05, 4.69) is 19.1 Å². The lowest BCUT2D eigenvalue weighted by Gasteiger charge is -2.28. The Morgan fingerprint density at radius 1 is 1.19 bits per heavy atom. The Hall–Kier alpha value is -1.19. The molecule has 21 heavy (non-hydrogen) atoms. The van der Waals surface area contributed by atoms with Gasteiger partial charge in [0.2, 0.25) is 0 Å². The highest BCUT2D eigenvalue weighted by molar-refractivity contribution is 6.00. The van der Waals surface area contributed by atoms with Gasteiger partial charge in [0.05, 0.1) is 12.1 Å². The Morgan fingerprint density at radius 3 is 2.24 bits per heavy atom. The zero-order valence-corrected chi connectivity index (χ0v) is 13.7. The van der Waals surface area contributed by atoms with Crippen molar-refractivity contribution in [2.75, 3.05) is 20.1 Å². The second-order valence-corrected chi connectivity index (χ2v) is 6.80. The summed E-state index contributed by atoms with van der Waals surface area (Å²) in [6.07, 6.45) is 3.89. The SMILES string of the molecule is Cc1cc(C)c(C(=O)CN(C)CC2(O)CCCC2)c(C)c1. The fraction of sp³-hybridized carbons (Fsp3) is 0.611. The van der Waals surface area contributed by atoms with E-state index >= 15 is 0 Å². The molecule has 1 aliphatic rings. The van der Waals surface area contributed by atoms with Crippen molar-refractivity contribution in [2.45, 2.75) is 52.1 Å². The molecule has 3 heteroatoms. The molecular weight excluding hydrogens is 262 g/mol. The van der Waals surface area contributed by atoms with Crippen LogP contribution in [0.4, 0.5) is 0 Å². The number of aryl methyl sites for hydroxylation is 3. The van der Waals surface area contributed by atoms with E-state index in [0.29, 0.717) is 13.1 Å². The van der Waals surface area contributed by atoms with Crippen LogP contribution in [-0.2, 0) is 0 Å². The van der Waals surface area contributed by atoms with Gasteiger partial charge in [-0.25, -0.2) is 0 Å². The summed E-state index contributed by atoms with van der Waals surface area (Å²) >= 11 is 0. The second-order valence-electron chi connectivity index (χ2n) is 6.80. The maximum Gasteiger partial charge on any atom is 0.177 e. The number of ketones is 1. The number of rotatable bonds is 5. The summed E-state index contributed by atoms with van der Waals surface area (Å²) in [5, 5.41) is 10.4. The average molecular weight is 289 g/mol. The van der Waals surface area contributed by atoms with Gasteiger partial charge in [-0.1, -0.05) is 30.5 Å². The summed E-state index contributed by atoms with van der Waals surface area (Å²) in [6.45, 7) is 7.00. The highest BCUT2D eigenvalue weighted by Gasteiger charge is 2.32. The summed E-state index contributed by atoms with van der Waals surface area (Å²) in [6, 6.07) is 4.12. The van der Waals surface area contributed by atoms with Crippen LogP contribution in [0, 0.1) is 20.8 Å². The normalized spacial score (nSPS) is 17.4. The van der Waals surface area contributed by atoms with Gasteiger partial charge < -0.3 is 5.11 Å². The molecule has 116 valence electrons. The molecule has 1 aliphatic carbocycles. The van der Waals surface area contributed by atoms with Gasteiger partial charge in [0, 0.05) is 12.1 Å². The van der Waals surface area contributed by atoms with Crippen molar-refractivity contribution in [1.82, 2.24) is 4.90 Å². The molecule has 0 unspecified atom stereocenters. The molecule has 1 aromatic carbocycles. The lowest BCUT2D eigenvalue weighted by atomic mass is 9.96. The van der Waals surface area contributed by atoms with E-state index in [1.54, 1.807) is 0 Å². The average Bonchev–Trinajstić information content (AvgIpc) is 2.73. The number of likely N-dealkylation sites (N-methyl/N-ethyl adjacent to an activating group) is 1. The van der Waals surface area contributed by atoms with Crippen molar-refractivity contribution in [3.63, 3.8) is 0 Å². The van der Waals surface area contributed by atoms with Crippen molar-refractivity contribution in [1.29, 1.82) is 0 Å². The van der Waals surface area contributed by atoms with E-state index < -0.39 is 5.60 Å². The van der Waals surface area contributed by atoms with Crippen molar-refractivity contribution in [3.05, 3.63) is 34.4 Å². The van der Waals surface area contributed by atoms with Crippen LogP contribution in [0.3, 0.4) is 0 Å². The fourth-order valence-corrected chi connectivity index (χ4v) is 3.69. The van der Waals surface area contributed by atoms with Crippen molar-refractivity contribution >= 4 is 5.78 Å². The molecule has 0 aliphatic heterocycles. The van der Waals surface area contributed by atoms with Gasteiger partial charge in [-0.15, -0.1) is 0 Å². The summed E-state index contributed by atoms with van der Waals surface area (Å²) < 4.78 is 0. The lowest BCUT2D eigenvalue weighted by molar-refractivity contribution is 0.0172. The summed E-state index contributed by atoms with van der Waals surface area (Å²) in [4.78, 5) is 14.5. The monoisotopic (exact) mass is 289 g/mol. The highest BCUT2D eigenvalue weighted by atomic mass is 16.3. The van der Waals surface area contributed by atoms with Crippen LogP contribution in [0.2, 0.25) is 0 Å². The molecule has 1 aromatic rings. The first-order valence-corrected chi connectivity index (χ1v) is 7.83. The minimum atomic E-state index is -0.591. The molecule has 0 radical (unpaired) electrons. The van der Waals surface area contributed by atoms with E-state index in [1.807, 2.05) is 25.8 Å². The van der Waals surface area contributed by atoms with Crippen molar-refractivity contribution in [2.24, 2.45) is 0 Å². The Morgan fingerprint density at radius 2 is 1.71 bits per heavy atom. The van der Waals surface area contributed by atoms with Crippen LogP contribution in [0.15, 0.2) is 12.1 Å². The third kappa shape index (κ3) is 3.92. The van der Waals surface area contributed by atoms with Gasteiger partial charge in [-0.3, -0.25) is 9.69 Å². The van der Waals surface area contributed by atoms with Crippen LogP contribution < -0.4 is 0 Å². The molecule has 1 N–H and O–H groups in total. The molecule has 1 fully saturated rings.